The number of cyclic esters (lactones) is 1. The number of aromatic nitrogens is 1. The van der Waals surface area contributed by atoms with Crippen molar-refractivity contribution in [3.8, 4) is 0 Å². The van der Waals surface area contributed by atoms with Crippen molar-refractivity contribution >= 4 is 17.9 Å². The van der Waals surface area contributed by atoms with Gasteiger partial charge in [-0.2, -0.15) is 0 Å². The van der Waals surface area contributed by atoms with Crippen LogP contribution in [0.25, 0.3) is 0 Å². The van der Waals surface area contributed by atoms with E-state index in [1.54, 1.807) is 0 Å². The molecule has 0 spiro atoms. The lowest BCUT2D eigenvalue weighted by Gasteiger charge is -2.40. The van der Waals surface area contributed by atoms with Crippen LogP contribution in [0.15, 0.2) is 18.5 Å². The fourth-order valence-electron chi connectivity index (χ4n) is 2.39. The van der Waals surface area contributed by atoms with Crippen molar-refractivity contribution in [1.82, 2.24) is 14.8 Å². The van der Waals surface area contributed by atoms with E-state index in [1.165, 1.54) is 17.2 Å². The molecule has 3 heterocycles. The number of rotatable bonds is 3. The van der Waals surface area contributed by atoms with Crippen molar-refractivity contribution in [2.45, 2.75) is 0 Å². The van der Waals surface area contributed by atoms with E-state index >= 15 is 0 Å². The molecular weight excluding hydrogens is 281 g/mol. The van der Waals surface area contributed by atoms with Crippen LogP contribution in [0.5, 0.6) is 0 Å². The van der Waals surface area contributed by atoms with Crippen LogP contribution in [0.3, 0.4) is 0 Å². The van der Waals surface area contributed by atoms with Gasteiger partial charge in [0.05, 0.1) is 11.8 Å². The minimum Gasteiger partial charge on any atom is -0.439 e. The summed E-state index contributed by atoms with van der Waals surface area (Å²) in [6, 6.07) is 1.33. The van der Waals surface area contributed by atoms with Crippen LogP contribution >= 0.6 is 0 Å². The Morgan fingerprint density at radius 3 is 2.81 bits per heavy atom. The Balaban J connectivity index is 1.56. The van der Waals surface area contributed by atoms with E-state index < -0.39 is 17.8 Å². The Labute approximate surface area is 119 Å². The van der Waals surface area contributed by atoms with Crippen LogP contribution in [0.1, 0.15) is 10.4 Å². The number of amides is 3. The summed E-state index contributed by atoms with van der Waals surface area (Å²) in [4.78, 5) is 40.8. The molecule has 8 heteroatoms. The maximum Gasteiger partial charge on any atom is 0.417 e. The van der Waals surface area contributed by atoms with Gasteiger partial charge in [-0.15, -0.1) is 0 Å². The number of pyridine rings is 1. The minimum atomic E-state index is -0.663. The molecule has 0 radical (unpaired) electrons. The van der Waals surface area contributed by atoms with Crippen molar-refractivity contribution in [1.29, 1.82) is 0 Å². The summed E-state index contributed by atoms with van der Waals surface area (Å²) in [7, 11) is 0. The lowest BCUT2D eigenvalue weighted by atomic mass is 9.98. The third-order valence-electron chi connectivity index (χ3n) is 3.53. The topological polar surface area (TPSA) is 79.8 Å². The zero-order valence-electron chi connectivity index (χ0n) is 11.0. The van der Waals surface area contributed by atoms with E-state index in [0.717, 1.165) is 11.1 Å². The van der Waals surface area contributed by atoms with Crippen molar-refractivity contribution in [3.63, 3.8) is 0 Å². The molecule has 2 aliphatic heterocycles. The Morgan fingerprint density at radius 1 is 1.43 bits per heavy atom. The zero-order valence-corrected chi connectivity index (χ0v) is 11.0. The molecular formula is C13H12FN3O4. The molecule has 7 nitrogen and oxygen atoms in total. The molecule has 0 aliphatic carbocycles. The van der Waals surface area contributed by atoms with Crippen molar-refractivity contribution < 1.29 is 23.5 Å². The van der Waals surface area contributed by atoms with Gasteiger partial charge in [0.1, 0.15) is 0 Å². The molecule has 0 saturated carbocycles. The SMILES string of the molecule is O=C(c1ccncc1F)N1CC(CN2C(=O)COC2=O)C1. The molecule has 3 rings (SSSR count). The number of carbonyl (C=O) groups is 3. The minimum absolute atomic E-state index is 0.00607. The molecule has 2 aliphatic rings. The molecule has 2 saturated heterocycles. The number of hydrogen-bond acceptors (Lipinski definition) is 5. The average molecular weight is 293 g/mol. The van der Waals surface area contributed by atoms with Crippen LogP contribution in [-0.4, -0.2) is 58.9 Å². The second kappa shape index (κ2) is 5.12. The van der Waals surface area contributed by atoms with Gasteiger partial charge in [-0.25, -0.2) is 14.1 Å². The van der Waals surface area contributed by atoms with Gasteiger partial charge in [-0.05, 0) is 6.07 Å². The molecule has 1 aromatic heterocycles. The number of halogens is 1. The van der Waals surface area contributed by atoms with Gasteiger partial charge < -0.3 is 9.64 Å². The predicted octanol–water partition coefficient (Wildman–Crippen LogP) is 0.272. The zero-order chi connectivity index (χ0) is 15.0. The summed E-state index contributed by atoms with van der Waals surface area (Å²) < 4.78 is 18.1. The van der Waals surface area contributed by atoms with Gasteiger partial charge in [-0.1, -0.05) is 0 Å². The maximum absolute atomic E-state index is 13.5. The number of ether oxygens (including phenoxy) is 1. The third kappa shape index (κ3) is 2.44. The first-order chi connectivity index (χ1) is 10.1. The molecule has 2 fully saturated rings. The van der Waals surface area contributed by atoms with Crippen LogP contribution in [0.4, 0.5) is 9.18 Å². The fourth-order valence-corrected chi connectivity index (χ4v) is 2.39. The summed E-state index contributed by atoms with van der Waals surface area (Å²) in [5.74, 6) is -1.45. The highest BCUT2D eigenvalue weighted by atomic mass is 19.1. The number of nitrogens with zero attached hydrogens (tertiary/aromatic N) is 3. The highest BCUT2D eigenvalue weighted by Crippen LogP contribution is 2.22. The monoisotopic (exact) mass is 293 g/mol. The smallest absolute Gasteiger partial charge is 0.417 e. The largest absolute Gasteiger partial charge is 0.439 e. The molecule has 0 unspecified atom stereocenters. The summed E-state index contributed by atoms with van der Waals surface area (Å²) in [5, 5.41) is 0. The highest BCUT2D eigenvalue weighted by Gasteiger charge is 2.38. The standard InChI is InChI=1S/C13H12FN3O4/c14-10-3-15-2-1-9(10)12(19)16-4-8(5-16)6-17-11(18)7-21-13(17)20/h1-3,8H,4-7H2. The van der Waals surface area contributed by atoms with Gasteiger partial charge in [0.25, 0.3) is 11.8 Å². The van der Waals surface area contributed by atoms with Crippen molar-refractivity contribution in [3.05, 3.63) is 29.8 Å². The van der Waals surface area contributed by atoms with Gasteiger partial charge in [-0.3, -0.25) is 14.6 Å². The normalized spacial score (nSPS) is 18.7. The van der Waals surface area contributed by atoms with Crippen molar-refractivity contribution in [2.75, 3.05) is 26.2 Å². The lowest BCUT2D eigenvalue weighted by molar-refractivity contribution is -0.126. The van der Waals surface area contributed by atoms with Crippen LogP contribution in [-0.2, 0) is 9.53 Å². The van der Waals surface area contributed by atoms with Crippen LogP contribution in [0.2, 0.25) is 0 Å². The Morgan fingerprint density at radius 2 is 2.19 bits per heavy atom. The second-order valence-corrected chi connectivity index (χ2v) is 4.99. The van der Waals surface area contributed by atoms with Gasteiger partial charge in [0.2, 0.25) is 0 Å². The van der Waals surface area contributed by atoms with E-state index in [4.69, 9.17) is 0 Å². The first-order valence-electron chi connectivity index (χ1n) is 6.42. The summed E-state index contributed by atoms with van der Waals surface area (Å²) >= 11 is 0. The summed E-state index contributed by atoms with van der Waals surface area (Å²) in [5.41, 5.74) is -0.0277. The molecule has 0 bridgehead atoms. The Hall–Kier alpha value is -2.51. The molecule has 0 aromatic carbocycles. The quantitative estimate of drug-likeness (QED) is 0.799. The van der Waals surface area contributed by atoms with Crippen LogP contribution in [0, 0.1) is 11.7 Å². The van der Waals surface area contributed by atoms with E-state index in [0.29, 0.717) is 13.1 Å². The third-order valence-corrected chi connectivity index (χ3v) is 3.53. The second-order valence-electron chi connectivity index (χ2n) is 4.99. The number of carbonyl (C=O) groups excluding carboxylic acids is 3. The van der Waals surface area contributed by atoms with E-state index in [9.17, 15) is 18.8 Å². The molecule has 0 N–H and O–H groups in total. The lowest BCUT2D eigenvalue weighted by Crippen LogP contribution is -2.54. The average Bonchev–Trinajstić information content (AvgIpc) is 2.73. The van der Waals surface area contributed by atoms with E-state index in [-0.39, 0.29) is 30.5 Å². The highest BCUT2D eigenvalue weighted by molar-refractivity contribution is 5.98. The molecule has 1 aromatic rings. The molecule has 110 valence electrons. The van der Waals surface area contributed by atoms with Gasteiger partial charge in [0, 0.05) is 31.7 Å². The molecule has 3 amide bonds. The molecule has 21 heavy (non-hydrogen) atoms. The number of likely N-dealkylation sites (tertiary alicyclic amines) is 1. The Kier molecular flexibility index (Phi) is 3.28. The number of imide groups is 1. The first-order valence-corrected chi connectivity index (χ1v) is 6.42. The number of hydrogen-bond donors (Lipinski definition) is 0. The molecule has 0 atom stereocenters. The Bertz CT molecular complexity index is 599. The van der Waals surface area contributed by atoms with Gasteiger partial charge >= 0.3 is 6.09 Å². The van der Waals surface area contributed by atoms with Gasteiger partial charge in [0.15, 0.2) is 12.4 Å². The van der Waals surface area contributed by atoms with Crippen molar-refractivity contribution in [2.24, 2.45) is 5.92 Å². The van der Waals surface area contributed by atoms with E-state index in [1.807, 2.05) is 0 Å². The predicted molar refractivity (Wildman–Crippen MR) is 66.6 cm³/mol. The van der Waals surface area contributed by atoms with E-state index in [2.05, 4.69) is 9.72 Å². The summed E-state index contributed by atoms with van der Waals surface area (Å²) in [6.45, 7) is 0.742. The first kappa shape index (κ1) is 13.5. The maximum atomic E-state index is 13.5. The fraction of sp³-hybridized carbons (Fsp3) is 0.385. The van der Waals surface area contributed by atoms with Crippen LogP contribution < -0.4 is 0 Å². The summed E-state index contributed by atoms with van der Waals surface area (Å²) in [6.07, 6.45) is 1.69.